The van der Waals surface area contributed by atoms with Crippen LogP contribution in [-0.2, 0) is 9.59 Å². The molecular weight excluding hydrogens is 300 g/mol. The topological polar surface area (TPSA) is 40.6 Å². The summed E-state index contributed by atoms with van der Waals surface area (Å²) in [6.07, 6.45) is 10.8. The van der Waals surface area contributed by atoms with Crippen molar-refractivity contribution in [2.24, 2.45) is 17.8 Å². The van der Waals surface area contributed by atoms with Crippen molar-refractivity contribution < 1.29 is 9.59 Å². The van der Waals surface area contributed by atoms with Gasteiger partial charge in [-0.05, 0) is 57.3 Å². The summed E-state index contributed by atoms with van der Waals surface area (Å²) >= 11 is 0. The molecule has 4 nitrogen and oxygen atoms in total. The fourth-order valence-electron chi connectivity index (χ4n) is 4.62. The van der Waals surface area contributed by atoms with E-state index in [0.717, 1.165) is 83.5 Å². The molecule has 4 heteroatoms. The molecule has 0 radical (unpaired) electrons. The Bertz CT molecular complexity index is 427. The zero-order valence-corrected chi connectivity index (χ0v) is 15.3. The van der Waals surface area contributed by atoms with Crippen molar-refractivity contribution in [2.75, 3.05) is 26.2 Å². The van der Waals surface area contributed by atoms with Gasteiger partial charge in [0.05, 0.1) is 0 Å². The Labute approximate surface area is 146 Å². The van der Waals surface area contributed by atoms with E-state index in [4.69, 9.17) is 0 Å². The molecule has 24 heavy (non-hydrogen) atoms. The van der Waals surface area contributed by atoms with Gasteiger partial charge in [-0.2, -0.15) is 0 Å². The maximum absolute atomic E-state index is 12.8. The van der Waals surface area contributed by atoms with Crippen LogP contribution in [0.15, 0.2) is 0 Å². The first-order valence-electron chi connectivity index (χ1n) is 10.2. The Morgan fingerprint density at radius 1 is 0.625 bits per heavy atom. The number of carbonyl (C=O) groups excluding carboxylic acids is 2. The zero-order valence-electron chi connectivity index (χ0n) is 15.3. The van der Waals surface area contributed by atoms with Crippen molar-refractivity contribution in [1.29, 1.82) is 0 Å². The summed E-state index contributed by atoms with van der Waals surface area (Å²) in [6, 6.07) is 0. The summed E-state index contributed by atoms with van der Waals surface area (Å²) in [5, 5.41) is 0. The first-order chi connectivity index (χ1) is 11.6. The van der Waals surface area contributed by atoms with Crippen LogP contribution in [0.25, 0.3) is 0 Å². The number of hydrogen-bond acceptors (Lipinski definition) is 2. The van der Waals surface area contributed by atoms with E-state index in [0.29, 0.717) is 11.8 Å². The van der Waals surface area contributed by atoms with Gasteiger partial charge in [0, 0.05) is 38.0 Å². The molecule has 0 unspecified atom stereocenters. The normalized spacial score (nSPS) is 30.0. The van der Waals surface area contributed by atoms with Crippen molar-refractivity contribution >= 4 is 11.8 Å². The lowest BCUT2D eigenvalue weighted by atomic mass is 9.80. The van der Waals surface area contributed by atoms with Crippen LogP contribution in [0.1, 0.15) is 71.1 Å². The highest BCUT2D eigenvalue weighted by Crippen LogP contribution is 2.32. The predicted octanol–water partition coefficient (Wildman–Crippen LogP) is 3.45. The number of piperidine rings is 1. The molecule has 0 aromatic carbocycles. The van der Waals surface area contributed by atoms with Gasteiger partial charge in [0.2, 0.25) is 11.8 Å². The molecule has 0 atom stereocenters. The van der Waals surface area contributed by atoms with E-state index in [1.165, 1.54) is 12.8 Å². The minimum atomic E-state index is 0.173. The minimum absolute atomic E-state index is 0.173. The van der Waals surface area contributed by atoms with E-state index in [-0.39, 0.29) is 11.8 Å². The Morgan fingerprint density at radius 3 is 1.50 bits per heavy atom. The van der Waals surface area contributed by atoms with Crippen LogP contribution in [0.4, 0.5) is 0 Å². The number of hydrogen-bond donors (Lipinski definition) is 0. The van der Waals surface area contributed by atoms with Gasteiger partial charge in [-0.3, -0.25) is 9.59 Å². The third-order valence-corrected chi connectivity index (χ3v) is 6.44. The number of amides is 2. The largest absolute Gasteiger partial charge is 0.342 e. The van der Waals surface area contributed by atoms with Gasteiger partial charge in [0.1, 0.15) is 0 Å². The van der Waals surface area contributed by atoms with Crippen molar-refractivity contribution in [3.05, 3.63) is 0 Å². The number of likely N-dealkylation sites (tertiary alicyclic amines) is 2. The van der Waals surface area contributed by atoms with Gasteiger partial charge < -0.3 is 9.80 Å². The molecular formula is C20H34N2O2. The van der Waals surface area contributed by atoms with Crippen LogP contribution in [0.3, 0.4) is 0 Å². The average Bonchev–Trinajstić information content (AvgIpc) is 2.91. The summed E-state index contributed by atoms with van der Waals surface area (Å²) in [4.78, 5) is 29.7. The van der Waals surface area contributed by atoms with E-state index >= 15 is 0 Å². The maximum atomic E-state index is 12.8. The van der Waals surface area contributed by atoms with Crippen LogP contribution in [0.2, 0.25) is 0 Å². The van der Waals surface area contributed by atoms with E-state index < -0.39 is 0 Å². The number of rotatable bonds is 2. The molecule has 0 aromatic heterocycles. The first kappa shape index (κ1) is 17.8. The standard InChI is InChI=1S/C20H34N2O2/c1-16-10-14-22(15-11-16)20(24)18-8-6-17(7-9-18)19(23)21-12-4-2-3-5-13-21/h16-18H,2-15H2,1H3. The van der Waals surface area contributed by atoms with E-state index in [1.54, 1.807) is 0 Å². The van der Waals surface area contributed by atoms with E-state index in [1.807, 2.05) is 0 Å². The minimum Gasteiger partial charge on any atom is -0.342 e. The second-order valence-electron chi connectivity index (χ2n) is 8.30. The highest BCUT2D eigenvalue weighted by Gasteiger charge is 2.34. The van der Waals surface area contributed by atoms with Crippen LogP contribution >= 0.6 is 0 Å². The third kappa shape index (κ3) is 4.31. The molecule has 2 saturated heterocycles. The Balaban J connectivity index is 1.46. The monoisotopic (exact) mass is 334 g/mol. The van der Waals surface area contributed by atoms with Crippen LogP contribution in [-0.4, -0.2) is 47.8 Å². The SMILES string of the molecule is CC1CCN(C(=O)C2CCC(C(=O)N3CCCCCC3)CC2)CC1. The summed E-state index contributed by atoms with van der Waals surface area (Å²) in [6.45, 7) is 6.05. The van der Waals surface area contributed by atoms with Gasteiger partial charge in [0.15, 0.2) is 0 Å². The predicted molar refractivity (Wildman–Crippen MR) is 95.5 cm³/mol. The first-order valence-corrected chi connectivity index (χ1v) is 10.2. The van der Waals surface area contributed by atoms with Crippen molar-refractivity contribution in [1.82, 2.24) is 9.80 Å². The summed E-state index contributed by atoms with van der Waals surface area (Å²) in [5.74, 6) is 1.84. The molecule has 0 bridgehead atoms. The zero-order chi connectivity index (χ0) is 16.9. The molecule has 2 amide bonds. The second-order valence-corrected chi connectivity index (χ2v) is 8.30. The van der Waals surface area contributed by atoms with Crippen LogP contribution in [0.5, 0.6) is 0 Å². The highest BCUT2D eigenvalue weighted by atomic mass is 16.2. The van der Waals surface area contributed by atoms with Crippen LogP contribution in [0, 0.1) is 17.8 Å². The molecule has 3 rings (SSSR count). The fourth-order valence-corrected chi connectivity index (χ4v) is 4.62. The number of nitrogens with zero attached hydrogens (tertiary/aromatic N) is 2. The van der Waals surface area contributed by atoms with E-state index in [9.17, 15) is 9.59 Å². The highest BCUT2D eigenvalue weighted by molar-refractivity contribution is 5.81. The molecule has 2 heterocycles. The molecule has 3 fully saturated rings. The lowest BCUT2D eigenvalue weighted by molar-refractivity contribution is -0.142. The van der Waals surface area contributed by atoms with Gasteiger partial charge in [0.25, 0.3) is 0 Å². The molecule has 136 valence electrons. The van der Waals surface area contributed by atoms with Gasteiger partial charge >= 0.3 is 0 Å². The van der Waals surface area contributed by atoms with Crippen molar-refractivity contribution in [3.63, 3.8) is 0 Å². The fraction of sp³-hybridized carbons (Fsp3) is 0.900. The van der Waals surface area contributed by atoms with Crippen LogP contribution < -0.4 is 0 Å². The smallest absolute Gasteiger partial charge is 0.225 e. The maximum Gasteiger partial charge on any atom is 0.225 e. The molecule has 2 aliphatic heterocycles. The molecule has 0 aromatic rings. The molecule has 0 N–H and O–H groups in total. The molecule has 1 saturated carbocycles. The quantitative estimate of drug-likeness (QED) is 0.776. The molecule has 0 spiro atoms. The number of carbonyl (C=O) groups is 2. The third-order valence-electron chi connectivity index (χ3n) is 6.44. The van der Waals surface area contributed by atoms with Gasteiger partial charge in [-0.1, -0.05) is 19.8 Å². The molecule has 3 aliphatic rings. The molecule has 1 aliphatic carbocycles. The summed E-state index contributed by atoms with van der Waals surface area (Å²) in [5.41, 5.74) is 0. The Kier molecular flexibility index (Phi) is 6.18. The average molecular weight is 335 g/mol. The van der Waals surface area contributed by atoms with E-state index in [2.05, 4.69) is 16.7 Å². The summed E-state index contributed by atoms with van der Waals surface area (Å²) in [7, 11) is 0. The van der Waals surface area contributed by atoms with Crippen molar-refractivity contribution in [2.45, 2.75) is 71.1 Å². The van der Waals surface area contributed by atoms with Gasteiger partial charge in [-0.15, -0.1) is 0 Å². The second kappa shape index (κ2) is 8.35. The lowest BCUT2D eigenvalue weighted by Gasteiger charge is -2.36. The van der Waals surface area contributed by atoms with Crippen molar-refractivity contribution in [3.8, 4) is 0 Å². The summed E-state index contributed by atoms with van der Waals surface area (Å²) < 4.78 is 0. The lowest BCUT2D eigenvalue weighted by Crippen LogP contribution is -2.44. The Morgan fingerprint density at radius 2 is 1.04 bits per heavy atom. The van der Waals surface area contributed by atoms with Gasteiger partial charge in [-0.25, -0.2) is 0 Å². The Hall–Kier alpha value is -1.06.